The van der Waals surface area contributed by atoms with Crippen LogP contribution in [0.5, 0.6) is 11.5 Å². The van der Waals surface area contributed by atoms with Gasteiger partial charge in [-0.05, 0) is 62.4 Å². The van der Waals surface area contributed by atoms with E-state index in [2.05, 4.69) is 10.2 Å². The summed E-state index contributed by atoms with van der Waals surface area (Å²) in [6.45, 7) is 4.41. The van der Waals surface area contributed by atoms with Crippen molar-refractivity contribution in [1.29, 1.82) is 0 Å². The number of hydrogen-bond acceptors (Lipinski definition) is 6. The summed E-state index contributed by atoms with van der Waals surface area (Å²) in [6, 6.07) is 14.9. The van der Waals surface area contributed by atoms with Gasteiger partial charge in [0.2, 0.25) is 0 Å². The average Bonchev–Trinajstić information content (AvgIpc) is 3.08. The molecule has 0 fully saturated rings. The molecule has 0 aliphatic carbocycles. The topological polar surface area (TPSA) is 66.2 Å². The highest BCUT2D eigenvalue weighted by molar-refractivity contribution is 8.00. The molecule has 0 saturated heterocycles. The van der Waals surface area contributed by atoms with Crippen LogP contribution in [0.25, 0.3) is 11.4 Å². The second-order valence-corrected chi connectivity index (χ2v) is 7.48. The summed E-state index contributed by atoms with van der Waals surface area (Å²) in [4.78, 5) is 12.7. The van der Waals surface area contributed by atoms with Gasteiger partial charge in [0, 0.05) is 18.2 Å². The first-order chi connectivity index (χ1) is 13.5. The molecule has 1 heterocycles. The number of hydrogen-bond donors (Lipinski definition) is 0. The van der Waals surface area contributed by atoms with Gasteiger partial charge in [0.05, 0.1) is 19.0 Å². The first kappa shape index (κ1) is 19.9. The van der Waals surface area contributed by atoms with Crippen LogP contribution in [-0.2, 0) is 7.05 Å². The predicted molar refractivity (Wildman–Crippen MR) is 110 cm³/mol. The number of carbonyl (C=O) groups excluding carboxylic acids is 1. The van der Waals surface area contributed by atoms with E-state index in [1.165, 1.54) is 11.8 Å². The number of Topliss-reactive ketones (excluding diaryl/α,β-unsaturated/α-hetero) is 1. The summed E-state index contributed by atoms with van der Waals surface area (Å²) in [5.74, 6) is 2.33. The second-order valence-electron chi connectivity index (χ2n) is 6.18. The molecule has 0 unspecified atom stereocenters. The Morgan fingerprint density at radius 3 is 2.32 bits per heavy atom. The second kappa shape index (κ2) is 8.93. The van der Waals surface area contributed by atoms with E-state index in [1.807, 2.05) is 61.9 Å². The zero-order valence-electron chi connectivity index (χ0n) is 16.4. The molecule has 0 saturated carbocycles. The van der Waals surface area contributed by atoms with E-state index in [4.69, 9.17) is 9.47 Å². The lowest BCUT2D eigenvalue weighted by Crippen LogP contribution is -2.14. The van der Waals surface area contributed by atoms with Crippen LogP contribution in [0.3, 0.4) is 0 Å². The number of benzene rings is 2. The summed E-state index contributed by atoms with van der Waals surface area (Å²) in [5, 5.41) is 8.95. The van der Waals surface area contributed by atoms with Gasteiger partial charge in [-0.1, -0.05) is 11.8 Å². The van der Waals surface area contributed by atoms with Gasteiger partial charge in [0.1, 0.15) is 11.5 Å². The third-order valence-electron chi connectivity index (χ3n) is 4.28. The Kier molecular flexibility index (Phi) is 6.36. The Labute approximate surface area is 168 Å². The van der Waals surface area contributed by atoms with Crippen LogP contribution in [0.15, 0.2) is 53.7 Å². The highest BCUT2D eigenvalue weighted by atomic mass is 32.2. The van der Waals surface area contributed by atoms with Crippen molar-refractivity contribution in [3.63, 3.8) is 0 Å². The molecule has 6 nitrogen and oxygen atoms in total. The Bertz CT molecular complexity index is 937. The van der Waals surface area contributed by atoms with Crippen molar-refractivity contribution in [3.05, 3.63) is 54.1 Å². The molecule has 0 aliphatic rings. The fourth-order valence-electron chi connectivity index (χ4n) is 2.74. The maximum atomic E-state index is 12.7. The van der Waals surface area contributed by atoms with Gasteiger partial charge in [-0.2, -0.15) is 0 Å². The summed E-state index contributed by atoms with van der Waals surface area (Å²) in [7, 11) is 3.53. The van der Waals surface area contributed by atoms with Crippen LogP contribution in [0.1, 0.15) is 24.2 Å². The van der Waals surface area contributed by atoms with Crippen molar-refractivity contribution >= 4 is 17.5 Å². The van der Waals surface area contributed by atoms with Gasteiger partial charge in [-0.25, -0.2) is 0 Å². The molecular weight excluding hydrogens is 374 g/mol. The maximum absolute atomic E-state index is 12.7. The maximum Gasteiger partial charge on any atom is 0.191 e. The number of methoxy groups -OCH3 is 1. The highest BCUT2D eigenvalue weighted by Gasteiger charge is 2.20. The molecule has 0 N–H and O–H groups in total. The molecule has 0 aliphatic heterocycles. The normalized spacial score (nSPS) is 11.9. The van der Waals surface area contributed by atoms with Crippen molar-refractivity contribution in [2.45, 2.75) is 24.3 Å². The third-order valence-corrected chi connectivity index (χ3v) is 5.42. The van der Waals surface area contributed by atoms with Gasteiger partial charge >= 0.3 is 0 Å². The predicted octanol–water partition coefficient (Wildman–Crippen LogP) is 4.25. The monoisotopic (exact) mass is 397 g/mol. The molecule has 0 bridgehead atoms. The van der Waals surface area contributed by atoms with Crippen LogP contribution in [0, 0.1) is 0 Å². The lowest BCUT2D eigenvalue weighted by Gasteiger charge is -2.11. The van der Waals surface area contributed by atoms with Crippen LogP contribution >= 0.6 is 11.8 Å². The van der Waals surface area contributed by atoms with Crippen molar-refractivity contribution < 1.29 is 14.3 Å². The number of aromatic nitrogens is 3. The van der Waals surface area contributed by atoms with E-state index in [1.54, 1.807) is 19.2 Å². The molecule has 3 aromatic rings. The molecule has 0 radical (unpaired) electrons. The molecule has 28 heavy (non-hydrogen) atoms. The molecule has 1 aromatic heterocycles. The molecule has 0 spiro atoms. The third kappa shape index (κ3) is 4.36. The number of thioether (sulfide) groups is 1. The van der Waals surface area contributed by atoms with Gasteiger partial charge in [-0.3, -0.25) is 4.79 Å². The largest absolute Gasteiger partial charge is 0.497 e. The number of ether oxygens (including phenoxy) is 2. The van der Waals surface area contributed by atoms with E-state index in [0.717, 1.165) is 22.9 Å². The molecule has 146 valence electrons. The highest BCUT2D eigenvalue weighted by Crippen LogP contribution is 2.28. The Hall–Kier alpha value is -2.80. The van der Waals surface area contributed by atoms with Crippen molar-refractivity contribution in [3.8, 4) is 22.9 Å². The molecular formula is C21H23N3O3S. The van der Waals surface area contributed by atoms with E-state index in [-0.39, 0.29) is 11.0 Å². The van der Waals surface area contributed by atoms with Crippen LogP contribution < -0.4 is 9.47 Å². The zero-order chi connectivity index (χ0) is 20.1. The van der Waals surface area contributed by atoms with Crippen molar-refractivity contribution in [2.75, 3.05) is 13.7 Å². The average molecular weight is 398 g/mol. The lowest BCUT2D eigenvalue weighted by atomic mass is 10.1. The molecule has 1 atom stereocenters. The van der Waals surface area contributed by atoms with Gasteiger partial charge in [0.25, 0.3) is 0 Å². The molecule has 7 heteroatoms. The Balaban J connectivity index is 1.72. The standard InChI is InChI=1S/C21H23N3O3S/c1-5-27-18-12-6-15(7-13-18)19(25)14(2)28-21-23-22-20(24(21)3)16-8-10-17(26-4)11-9-16/h6-14H,5H2,1-4H3/t14-/m0/s1. The minimum atomic E-state index is -0.287. The summed E-state index contributed by atoms with van der Waals surface area (Å²) < 4.78 is 12.5. The Morgan fingerprint density at radius 1 is 1.07 bits per heavy atom. The first-order valence-corrected chi connectivity index (χ1v) is 9.89. The minimum Gasteiger partial charge on any atom is -0.497 e. The molecule has 0 amide bonds. The Morgan fingerprint density at radius 2 is 1.71 bits per heavy atom. The van der Waals surface area contributed by atoms with Gasteiger partial charge in [0.15, 0.2) is 16.8 Å². The van der Waals surface area contributed by atoms with E-state index in [0.29, 0.717) is 17.3 Å². The quantitative estimate of drug-likeness (QED) is 0.418. The van der Waals surface area contributed by atoms with E-state index >= 15 is 0 Å². The number of carbonyl (C=O) groups is 1. The smallest absolute Gasteiger partial charge is 0.191 e. The fraction of sp³-hybridized carbons (Fsp3) is 0.286. The summed E-state index contributed by atoms with van der Waals surface area (Å²) >= 11 is 1.39. The molecule has 3 rings (SSSR count). The van der Waals surface area contributed by atoms with Crippen LogP contribution in [0.4, 0.5) is 0 Å². The van der Waals surface area contributed by atoms with Crippen molar-refractivity contribution in [2.24, 2.45) is 7.05 Å². The van der Waals surface area contributed by atoms with Gasteiger partial charge in [-0.15, -0.1) is 10.2 Å². The summed E-state index contributed by atoms with van der Waals surface area (Å²) in [6.07, 6.45) is 0. The SMILES string of the molecule is CCOc1ccc(C(=O)[C@H](C)Sc2nnc(-c3ccc(OC)cc3)n2C)cc1. The summed E-state index contributed by atoms with van der Waals surface area (Å²) in [5.41, 5.74) is 1.59. The zero-order valence-corrected chi connectivity index (χ0v) is 17.2. The van der Waals surface area contributed by atoms with E-state index in [9.17, 15) is 4.79 Å². The van der Waals surface area contributed by atoms with Crippen LogP contribution in [-0.4, -0.2) is 39.5 Å². The van der Waals surface area contributed by atoms with Crippen molar-refractivity contribution in [1.82, 2.24) is 14.8 Å². The number of nitrogens with zero attached hydrogens (tertiary/aromatic N) is 3. The first-order valence-electron chi connectivity index (χ1n) is 9.01. The fourth-order valence-corrected chi connectivity index (χ4v) is 3.63. The number of ketones is 1. The van der Waals surface area contributed by atoms with E-state index < -0.39 is 0 Å². The van der Waals surface area contributed by atoms with Crippen LogP contribution in [0.2, 0.25) is 0 Å². The molecule has 2 aromatic carbocycles. The number of rotatable bonds is 8. The van der Waals surface area contributed by atoms with Gasteiger partial charge < -0.3 is 14.0 Å². The lowest BCUT2D eigenvalue weighted by molar-refractivity contribution is 0.0994. The minimum absolute atomic E-state index is 0.0436.